The number of rotatable bonds is 5. The summed E-state index contributed by atoms with van der Waals surface area (Å²) >= 11 is 17.8. The number of carbonyl (C=O) groups is 1. The van der Waals surface area contributed by atoms with Gasteiger partial charge in [-0.3, -0.25) is 9.10 Å². The van der Waals surface area contributed by atoms with Crippen LogP contribution in [0.5, 0.6) is 0 Å². The monoisotopic (exact) mass is 393 g/mol. The Balaban J connectivity index is 2.63. The molecule has 0 spiro atoms. The number of hydrogen-bond donors (Lipinski definition) is 1. The van der Waals surface area contributed by atoms with E-state index >= 15 is 0 Å². The molecule has 1 N–H and O–H groups in total. The van der Waals surface area contributed by atoms with Crippen LogP contribution >= 0.6 is 34.8 Å². The molecule has 2 aromatic carbocycles. The van der Waals surface area contributed by atoms with Gasteiger partial charge >= 0.3 is 5.97 Å². The van der Waals surface area contributed by atoms with Crippen LogP contribution in [0.15, 0.2) is 47.4 Å². The van der Waals surface area contributed by atoms with Crippen LogP contribution in [-0.4, -0.2) is 26.0 Å². The van der Waals surface area contributed by atoms with E-state index in [0.717, 1.165) is 0 Å². The Morgan fingerprint density at radius 1 is 1.00 bits per heavy atom. The van der Waals surface area contributed by atoms with Crippen molar-refractivity contribution in [1.29, 1.82) is 0 Å². The Morgan fingerprint density at radius 2 is 1.57 bits per heavy atom. The molecule has 0 heterocycles. The number of benzene rings is 2. The lowest BCUT2D eigenvalue weighted by Crippen LogP contribution is -2.36. The molecule has 5 nitrogen and oxygen atoms in total. The molecule has 0 saturated carbocycles. The Hall–Kier alpha value is -1.47. The molecule has 0 aliphatic heterocycles. The predicted octanol–water partition coefficient (Wildman–Crippen LogP) is 3.93. The van der Waals surface area contributed by atoms with E-state index in [1.54, 1.807) is 6.07 Å². The quantitative estimate of drug-likeness (QED) is 0.780. The van der Waals surface area contributed by atoms with Gasteiger partial charge < -0.3 is 5.11 Å². The van der Waals surface area contributed by atoms with Gasteiger partial charge in [-0.25, -0.2) is 8.42 Å². The largest absolute Gasteiger partial charge is 0.480 e. The maximum Gasteiger partial charge on any atom is 0.324 e. The van der Waals surface area contributed by atoms with E-state index in [2.05, 4.69) is 0 Å². The van der Waals surface area contributed by atoms with Crippen LogP contribution in [0.3, 0.4) is 0 Å². The van der Waals surface area contributed by atoms with Crippen molar-refractivity contribution in [1.82, 2.24) is 0 Å². The van der Waals surface area contributed by atoms with Crippen molar-refractivity contribution in [3.8, 4) is 0 Å². The lowest BCUT2D eigenvalue weighted by atomic mass is 10.3. The van der Waals surface area contributed by atoms with Crippen molar-refractivity contribution >= 4 is 56.5 Å². The fourth-order valence-electron chi connectivity index (χ4n) is 1.85. The fourth-order valence-corrected chi connectivity index (χ4v) is 3.98. The molecule has 0 atom stereocenters. The number of carboxylic acid groups (broad SMARTS) is 1. The number of aliphatic carboxylic acids is 1. The summed E-state index contributed by atoms with van der Waals surface area (Å²) < 4.78 is 26.2. The molecule has 0 fully saturated rings. The van der Waals surface area contributed by atoms with E-state index < -0.39 is 22.5 Å². The molecule has 2 aromatic rings. The Morgan fingerprint density at radius 3 is 2.13 bits per heavy atom. The second-order valence-corrected chi connectivity index (χ2v) is 7.52. The third-order valence-corrected chi connectivity index (χ3v) is 5.67. The lowest BCUT2D eigenvalue weighted by molar-refractivity contribution is -0.135. The maximum absolute atomic E-state index is 12.7. The Bertz CT molecular complexity index is 841. The molecule has 122 valence electrons. The first kappa shape index (κ1) is 17.9. The number of halogens is 3. The highest BCUT2D eigenvalue weighted by Gasteiger charge is 2.29. The maximum atomic E-state index is 12.7. The molecule has 0 aliphatic rings. The molecule has 0 aromatic heterocycles. The smallest absolute Gasteiger partial charge is 0.324 e. The molecule has 23 heavy (non-hydrogen) atoms. The number of carboxylic acids is 1. The first-order valence-corrected chi connectivity index (χ1v) is 8.75. The molecule has 0 unspecified atom stereocenters. The van der Waals surface area contributed by atoms with Crippen LogP contribution in [0.25, 0.3) is 0 Å². The summed E-state index contributed by atoms with van der Waals surface area (Å²) in [6, 6.07) is 9.90. The van der Waals surface area contributed by atoms with Crippen LogP contribution in [0.2, 0.25) is 15.1 Å². The van der Waals surface area contributed by atoms with E-state index in [1.807, 2.05) is 0 Å². The van der Waals surface area contributed by atoms with Crippen LogP contribution in [-0.2, 0) is 14.8 Å². The number of nitrogens with zero attached hydrogens (tertiary/aromatic N) is 1. The summed E-state index contributed by atoms with van der Waals surface area (Å²) in [6.45, 7) is -0.811. The first-order chi connectivity index (χ1) is 10.7. The van der Waals surface area contributed by atoms with Gasteiger partial charge in [0.1, 0.15) is 6.54 Å². The van der Waals surface area contributed by atoms with Crippen LogP contribution in [0, 0.1) is 0 Å². The lowest BCUT2D eigenvalue weighted by Gasteiger charge is -2.24. The predicted molar refractivity (Wildman–Crippen MR) is 90.1 cm³/mol. The molecule has 0 bridgehead atoms. The first-order valence-electron chi connectivity index (χ1n) is 6.17. The van der Waals surface area contributed by atoms with Gasteiger partial charge in [-0.15, -0.1) is 0 Å². The average molecular weight is 395 g/mol. The van der Waals surface area contributed by atoms with Gasteiger partial charge in [0.15, 0.2) is 0 Å². The SMILES string of the molecule is O=C(O)CN(c1cc(Cl)c(Cl)cc1Cl)S(=O)(=O)c1ccccc1. The summed E-state index contributed by atoms with van der Waals surface area (Å²) in [4.78, 5) is 11.0. The zero-order valence-electron chi connectivity index (χ0n) is 11.4. The minimum Gasteiger partial charge on any atom is -0.480 e. The van der Waals surface area contributed by atoms with Crippen LogP contribution in [0.1, 0.15) is 0 Å². The molecular formula is C14H10Cl3NO4S. The zero-order valence-corrected chi connectivity index (χ0v) is 14.5. The van der Waals surface area contributed by atoms with Gasteiger partial charge in [-0.1, -0.05) is 53.0 Å². The molecule has 0 aliphatic carbocycles. The highest BCUT2D eigenvalue weighted by atomic mass is 35.5. The van der Waals surface area contributed by atoms with Crippen molar-refractivity contribution in [2.24, 2.45) is 0 Å². The molecule has 2 rings (SSSR count). The molecule has 0 saturated heterocycles. The summed E-state index contributed by atoms with van der Waals surface area (Å²) in [5, 5.41) is 9.23. The highest BCUT2D eigenvalue weighted by molar-refractivity contribution is 7.92. The highest BCUT2D eigenvalue weighted by Crippen LogP contribution is 2.36. The van der Waals surface area contributed by atoms with Crippen molar-refractivity contribution in [2.45, 2.75) is 4.90 Å². The second-order valence-electron chi connectivity index (χ2n) is 4.44. The Labute approximate surface area is 148 Å². The summed E-state index contributed by atoms with van der Waals surface area (Å²) in [6.07, 6.45) is 0. The van der Waals surface area contributed by atoms with Gasteiger partial charge in [0.25, 0.3) is 10.0 Å². The third-order valence-electron chi connectivity index (χ3n) is 2.87. The van der Waals surface area contributed by atoms with Gasteiger partial charge in [-0.05, 0) is 24.3 Å². The van der Waals surface area contributed by atoms with Crippen LogP contribution < -0.4 is 4.31 Å². The minimum atomic E-state index is -4.13. The van der Waals surface area contributed by atoms with Gasteiger partial charge in [-0.2, -0.15) is 0 Å². The van der Waals surface area contributed by atoms with E-state index in [4.69, 9.17) is 39.9 Å². The molecule has 0 amide bonds. The van der Waals surface area contributed by atoms with Gasteiger partial charge in [0.05, 0.1) is 25.7 Å². The standard InChI is InChI=1S/C14H10Cl3NO4S/c15-10-6-12(17)13(7-11(10)16)18(8-14(19)20)23(21,22)9-4-2-1-3-5-9/h1-7H,8H2,(H,19,20). The molecular weight excluding hydrogens is 385 g/mol. The molecule has 9 heteroatoms. The van der Waals surface area contributed by atoms with Gasteiger partial charge in [0, 0.05) is 0 Å². The van der Waals surface area contributed by atoms with E-state index in [1.165, 1.54) is 36.4 Å². The summed E-state index contributed by atoms with van der Waals surface area (Å²) in [5.41, 5.74) is -0.0627. The topological polar surface area (TPSA) is 74.7 Å². The van der Waals surface area contributed by atoms with Crippen LogP contribution in [0.4, 0.5) is 5.69 Å². The number of hydrogen-bond acceptors (Lipinski definition) is 3. The van der Waals surface area contributed by atoms with E-state index in [9.17, 15) is 13.2 Å². The van der Waals surface area contributed by atoms with Crippen molar-refractivity contribution in [2.75, 3.05) is 10.8 Å². The third kappa shape index (κ3) is 3.90. The van der Waals surface area contributed by atoms with Crippen molar-refractivity contribution in [3.05, 3.63) is 57.5 Å². The number of sulfonamides is 1. The Kier molecular flexibility index (Phi) is 5.41. The fraction of sp³-hybridized carbons (Fsp3) is 0.0714. The van der Waals surface area contributed by atoms with Gasteiger partial charge in [0.2, 0.25) is 0 Å². The van der Waals surface area contributed by atoms with E-state index in [0.29, 0.717) is 4.31 Å². The van der Waals surface area contributed by atoms with Crippen molar-refractivity contribution < 1.29 is 18.3 Å². The summed E-state index contributed by atoms with van der Waals surface area (Å²) in [7, 11) is -4.13. The minimum absolute atomic E-state index is 0.0276. The van der Waals surface area contributed by atoms with E-state index in [-0.39, 0.29) is 25.7 Å². The van der Waals surface area contributed by atoms with Crippen molar-refractivity contribution in [3.63, 3.8) is 0 Å². The second kappa shape index (κ2) is 6.97. The summed E-state index contributed by atoms with van der Waals surface area (Å²) in [5.74, 6) is -1.34. The number of anilines is 1. The normalized spacial score (nSPS) is 11.3. The average Bonchev–Trinajstić information content (AvgIpc) is 2.49. The zero-order chi connectivity index (χ0) is 17.2. The molecule has 0 radical (unpaired) electrons.